The third kappa shape index (κ3) is 4.45. The van der Waals surface area contributed by atoms with Crippen molar-refractivity contribution >= 4 is 65.4 Å². The highest BCUT2D eigenvalue weighted by Crippen LogP contribution is 2.42. The Balaban J connectivity index is 1.19. The van der Waals surface area contributed by atoms with Gasteiger partial charge in [-0.05, 0) is 84.4 Å². The summed E-state index contributed by atoms with van der Waals surface area (Å²) >= 11 is 0. The van der Waals surface area contributed by atoms with Crippen LogP contribution in [0.1, 0.15) is 11.1 Å². The van der Waals surface area contributed by atoms with Crippen LogP contribution in [0.5, 0.6) is 0 Å². The van der Waals surface area contributed by atoms with Crippen LogP contribution in [-0.4, -0.2) is 13.7 Å². The van der Waals surface area contributed by atoms with Crippen LogP contribution in [0.4, 0.5) is 0 Å². The first-order chi connectivity index (χ1) is 27.2. The molecule has 0 aliphatic heterocycles. The maximum atomic E-state index is 10.2. The largest absolute Gasteiger partial charge is 0.309 e. The number of hydrogen-bond donors (Lipinski definition) is 0. The zero-order chi connectivity index (χ0) is 36.6. The summed E-state index contributed by atoms with van der Waals surface area (Å²) in [5.74, 6) is 0. The van der Waals surface area contributed by atoms with Crippen molar-refractivity contribution in [2.75, 3.05) is 0 Å². The van der Waals surface area contributed by atoms with Gasteiger partial charge in [-0.2, -0.15) is 10.5 Å². The molecule has 254 valence electrons. The number of para-hydroxylation sites is 4. The van der Waals surface area contributed by atoms with E-state index in [1.807, 2.05) is 30.3 Å². The first-order valence-electron chi connectivity index (χ1n) is 18.3. The predicted octanol–water partition coefficient (Wildman–Crippen LogP) is 12.4. The number of fused-ring (bicyclic) bond motifs is 9. The summed E-state index contributed by atoms with van der Waals surface area (Å²) in [4.78, 5) is 0. The Kier molecular flexibility index (Phi) is 6.61. The van der Waals surface area contributed by atoms with Crippen molar-refractivity contribution < 1.29 is 0 Å². The quantitative estimate of drug-likeness (QED) is 0.184. The van der Waals surface area contributed by atoms with Crippen molar-refractivity contribution in [3.8, 4) is 40.3 Å². The van der Waals surface area contributed by atoms with Crippen LogP contribution in [0.2, 0.25) is 0 Å². The fourth-order valence-electron chi connectivity index (χ4n) is 8.79. The van der Waals surface area contributed by atoms with Crippen molar-refractivity contribution in [3.63, 3.8) is 0 Å². The van der Waals surface area contributed by atoms with Crippen molar-refractivity contribution in [2.45, 2.75) is 0 Å². The average molecular weight is 700 g/mol. The van der Waals surface area contributed by atoms with Gasteiger partial charge in [-0.3, -0.25) is 0 Å². The predicted molar refractivity (Wildman–Crippen MR) is 224 cm³/mol. The molecule has 8 aromatic carbocycles. The maximum absolute atomic E-state index is 10.2. The van der Waals surface area contributed by atoms with Gasteiger partial charge in [0.15, 0.2) is 0 Å². The van der Waals surface area contributed by atoms with E-state index in [0.717, 1.165) is 82.8 Å². The Bertz CT molecular complexity index is 3420. The highest BCUT2D eigenvalue weighted by atomic mass is 15.0. The van der Waals surface area contributed by atoms with E-state index in [1.54, 1.807) is 0 Å². The number of aromatic nitrogens is 3. The molecule has 3 aromatic heterocycles. The summed E-state index contributed by atoms with van der Waals surface area (Å²) in [5, 5.41) is 27.0. The molecule has 11 rings (SSSR count). The lowest BCUT2D eigenvalue weighted by atomic mass is 10.00. The molecule has 0 saturated carbocycles. The molecule has 0 aliphatic carbocycles. The van der Waals surface area contributed by atoms with Crippen molar-refractivity contribution in [1.29, 1.82) is 10.5 Å². The van der Waals surface area contributed by atoms with Gasteiger partial charge in [0.2, 0.25) is 0 Å². The van der Waals surface area contributed by atoms with Crippen molar-refractivity contribution in [1.82, 2.24) is 13.7 Å². The first kappa shape index (κ1) is 30.7. The summed E-state index contributed by atoms with van der Waals surface area (Å²) in [5.41, 5.74) is 12.7. The molecule has 55 heavy (non-hydrogen) atoms. The van der Waals surface area contributed by atoms with Gasteiger partial charge in [0.1, 0.15) is 0 Å². The molecule has 0 amide bonds. The topological polar surface area (TPSA) is 62.4 Å². The summed E-state index contributed by atoms with van der Waals surface area (Å²) in [6.45, 7) is 0. The lowest BCUT2D eigenvalue weighted by molar-refractivity contribution is 1.16. The van der Waals surface area contributed by atoms with E-state index < -0.39 is 0 Å². The molecule has 3 heterocycles. The Morgan fingerprint density at radius 3 is 1.53 bits per heavy atom. The zero-order valence-corrected chi connectivity index (χ0v) is 29.5. The molecule has 0 aliphatic rings. The van der Waals surface area contributed by atoms with Crippen LogP contribution in [0, 0.1) is 22.7 Å². The summed E-state index contributed by atoms with van der Waals surface area (Å²) < 4.78 is 6.99. The minimum Gasteiger partial charge on any atom is -0.309 e. The standard InChI is InChI=1S/C50H29N5/c51-30-32-24-26-46(41(27-32)34-11-9-12-35(29-34)53-42-17-5-1-15-38(42)39-25-23-33(31-52)28-49(39)53)55-45-20-8-4-16-40(45)50-47(21-10-22-48(50)55)54-43-18-6-2-13-36(43)37-14-3-7-19-44(37)54/h1-29H. The fourth-order valence-corrected chi connectivity index (χ4v) is 8.79. The van der Waals surface area contributed by atoms with Crippen LogP contribution < -0.4 is 0 Å². The Morgan fingerprint density at radius 2 is 0.855 bits per heavy atom. The Morgan fingerprint density at radius 1 is 0.345 bits per heavy atom. The Labute approximate surface area is 316 Å². The van der Waals surface area contributed by atoms with Crippen molar-refractivity contribution in [3.05, 3.63) is 187 Å². The van der Waals surface area contributed by atoms with Gasteiger partial charge >= 0.3 is 0 Å². The summed E-state index contributed by atoms with van der Waals surface area (Å²) in [6, 6.07) is 66.0. The molecule has 0 unspecified atom stereocenters. The zero-order valence-electron chi connectivity index (χ0n) is 29.5. The highest BCUT2D eigenvalue weighted by Gasteiger charge is 2.21. The number of rotatable bonds is 4. The molecule has 0 N–H and O–H groups in total. The monoisotopic (exact) mass is 699 g/mol. The van der Waals surface area contributed by atoms with Gasteiger partial charge in [0.05, 0.1) is 67.7 Å². The van der Waals surface area contributed by atoms with Crippen LogP contribution >= 0.6 is 0 Å². The van der Waals surface area contributed by atoms with E-state index in [4.69, 9.17) is 0 Å². The molecule has 0 bridgehead atoms. The van der Waals surface area contributed by atoms with Crippen molar-refractivity contribution in [2.24, 2.45) is 0 Å². The van der Waals surface area contributed by atoms with E-state index in [0.29, 0.717) is 11.1 Å². The molecule has 0 fully saturated rings. The summed E-state index contributed by atoms with van der Waals surface area (Å²) in [6.07, 6.45) is 0. The Hall–Kier alpha value is -7.86. The molecular weight excluding hydrogens is 671 g/mol. The third-order valence-corrected chi connectivity index (χ3v) is 11.1. The smallest absolute Gasteiger partial charge is 0.0992 e. The molecule has 0 atom stereocenters. The van der Waals surface area contributed by atoms with E-state index in [9.17, 15) is 10.5 Å². The summed E-state index contributed by atoms with van der Waals surface area (Å²) in [7, 11) is 0. The van der Waals surface area contributed by atoms with E-state index >= 15 is 0 Å². The third-order valence-electron chi connectivity index (χ3n) is 11.1. The fraction of sp³-hybridized carbons (Fsp3) is 0. The SMILES string of the molecule is N#Cc1ccc(-n2c3ccccc3c3c(-n4c5ccccc5c5ccccc54)cccc32)c(-c2cccc(-n3c4ccccc4c4ccc(C#N)cc43)c2)c1. The van der Waals surface area contributed by atoms with E-state index in [1.165, 1.54) is 10.8 Å². The van der Waals surface area contributed by atoms with Gasteiger partial charge < -0.3 is 13.7 Å². The lowest BCUT2D eigenvalue weighted by Crippen LogP contribution is -2.00. The normalized spacial score (nSPS) is 11.6. The second kappa shape index (κ2) is 11.8. The molecule has 0 radical (unpaired) electrons. The van der Waals surface area contributed by atoms with Gasteiger partial charge in [-0.1, -0.05) is 97.1 Å². The first-order valence-corrected chi connectivity index (χ1v) is 18.3. The van der Waals surface area contributed by atoms with Gasteiger partial charge in [0, 0.05) is 43.6 Å². The lowest BCUT2D eigenvalue weighted by Gasteiger charge is -2.16. The number of benzene rings is 8. The van der Waals surface area contributed by atoms with Gasteiger partial charge in [-0.25, -0.2) is 0 Å². The second-order valence-corrected chi connectivity index (χ2v) is 14.0. The maximum Gasteiger partial charge on any atom is 0.0992 e. The van der Waals surface area contributed by atoms with E-state index in [2.05, 4.69) is 171 Å². The molecular formula is C50H29N5. The van der Waals surface area contributed by atoms with Crippen LogP contribution in [-0.2, 0) is 0 Å². The number of nitrogens with zero attached hydrogens (tertiary/aromatic N) is 5. The minimum atomic E-state index is 0.589. The van der Waals surface area contributed by atoms with E-state index in [-0.39, 0.29) is 0 Å². The second-order valence-electron chi connectivity index (χ2n) is 14.0. The average Bonchev–Trinajstić information content (AvgIpc) is 3.89. The molecule has 11 aromatic rings. The highest BCUT2D eigenvalue weighted by molar-refractivity contribution is 6.17. The van der Waals surface area contributed by atoms with Crippen LogP contribution in [0.25, 0.3) is 93.6 Å². The van der Waals surface area contributed by atoms with Crippen LogP contribution in [0.3, 0.4) is 0 Å². The molecule has 0 saturated heterocycles. The molecule has 5 nitrogen and oxygen atoms in total. The minimum absolute atomic E-state index is 0.589. The van der Waals surface area contributed by atoms with Gasteiger partial charge in [-0.15, -0.1) is 0 Å². The van der Waals surface area contributed by atoms with Gasteiger partial charge in [0.25, 0.3) is 0 Å². The number of nitriles is 2. The van der Waals surface area contributed by atoms with Crippen LogP contribution in [0.15, 0.2) is 176 Å². The molecule has 5 heteroatoms. The number of hydrogen-bond acceptors (Lipinski definition) is 2. The molecule has 0 spiro atoms.